The number of likely N-dealkylation sites (N-methyl/N-ethyl adjacent to an activating group) is 1. The molecule has 0 spiro atoms. The molecule has 1 aliphatic carbocycles. The summed E-state index contributed by atoms with van der Waals surface area (Å²) in [6.07, 6.45) is 2.58. The molecule has 0 bridgehead atoms. The zero-order valence-electron chi connectivity index (χ0n) is 11.3. The average molecular weight is 264 g/mol. The minimum absolute atomic E-state index is 0. The number of nitrogens with zero attached hydrogens (tertiary/aromatic N) is 1. The summed E-state index contributed by atoms with van der Waals surface area (Å²) in [5.74, 6) is 0.155. The van der Waals surface area contributed by atoms with Crippen molar-refractivity contribution >= 4 is 18.3 Å². The number of hydrogen-bond donors (Lipinski definition) is 2. The summed E-state index contributed by atoms with van der Waals surface area (Å²) in [7, 11) is 2.12. The van der Waals surface area contributed by atoms with E-state index in [1.54, 1.807) is 0 Å². The van der Waals surface area contributed by atoms with Crippen molar-refractivity contribution in [1.29, 1.82) is 0 Å². The molecular formula is C12H26ClN3O. The van der Waals surface area contributed by atoms with Gasteiger partial charge in [-0.1, -0.05) is 13.8 Å². The number of carbonyl (C=O) groups is 1. The van der Waals surface area contributed by atoms with Crippen molar-refractivity contribution < 1.29 is 4.79 Å². The van der Waals surface area contributed by atoms with Crippen LogP contribution in [-0.2, 0) is 4.79 Å². The van der Waals surface area contributed by atoms with Crippen molar-refractivity contribution in [3.63, 3.8) is 0 Å². The molecule has 1 unspecified atom stereocenters. The maximum atomic E-state index is 11.6. The molecule has 0 aliphatic heterocycles. The first-order chi connectivity index (χ1) is 7.43. The second-order valence-corrected chi connectivity index (χ2v) is 5.26. The molecule has 102 valence electrons. The summed E-state index contributed by atoms with van der Waals surface area (Å²) in [5.41, 5.74) is 5.77. The number of halogens is 1. The van der Waals surface area contributed by atoms with Gasteiger partial charge in [-0.3, -0.25) is 9.69 Å². The van der Waals surface area contributed by atoms with Crippen LogP contribution in [-0.4, -0.2) is 42.5 Å². The van der Waals surface area contributed by atoms with Gasteiger partial charge < -0.3 is 11.1 Å². The molecule has 0 saturated heterocycles. The topological polar surface area (TPSA) is 58.4 Å². The number of carbonyl (C=O) groups excluding carboxylic acids is 1. The lowest BCUT2D eigenvalue weighted by Crippen LogP contribution is -2.48. The summed E-state index contributed by atoms with van der Waals surface area (Å²) in [6.45, 7) is 6.75. The summed E-state index contributed by atoms with van der Waals surface area (Å²) in [6, 6.07) is 0.722. The molecule has 1 fully saturated rings. The van der Waals surface area contributed by atoms with Gasteiger partial charge in [0.25, 0.3) is 0 Å². The molecule has 17 heavy (non-hydrogen) atoms. The van der Waals surface area contributed by atoms with Crippen LogP contribution in [0.2, 0.25) is 0 Å². The lowest BCUT2D eigenvalue weighted by atomic mass is 10.1. The highest BCUT2D eigenvalue weighted by Crippen LogP contribution is 2.26. The maximum absolute atomic E-state index is 11.6. The Morgan fingerprint density at radius 1 is 1.41 bits per heavy atom. The van der Waals surface area contributed by atoms with Crippen LogP contribution in [0.25, 0.3) is 0 Å². The predicted molar refractivity (Wildman–Crippen MR) is 73.3 cm³/mol. The van der Waals surface area contributed by atoms with E-state index in [1.807, 2.05) is 13.8 Å². The summed E-state index contributed by atoms with van der Waals surface area (Å²) in [5, 5.41) is 2.92. The van der Waals surface area contributed by atoms with E-state index in [-0.39, 0.29) is 24.2 Å². The van der Waals surface area contributed by atoms with Gasteiger partial charge in [-0.25, -0.2) is 0 Å². The molecule has 3 N–H and O–H groups in total. The molecule has 1 amide bonds. The van der Waals surface area contributed by atoms with Crippen molar-refractivity contribution in [2.24, 2.45) is 11.7 Å². The van der Waals surface area contributed by atoms with E-state index in [0.717, 1.165) is 6.04 Å². The molecule has 5 heteroatoms. The molecule has 1 rings (SSSR count). The second-order valence-electron chi connectivity index (χ2n) is 5.26. The zero-order chi connectivity index (χ0) is 12.3. The molecule has 0 heterocycles. The lowest BCUT2D eigenvalue weighted by Gasteiger charge is -2.25. The number of rotatable bonds is 6. The van der Waals surface area contributed by atoms with Crippen LogP contribution in [0.1, 0.15) is 33.6 Å². The molecule has 2 atom stereocenters. The SMILES string of the molecule is CC(C)[C@H](N)C(=O)NCC(C)N(C)C1CC1.Cl. The first kappa shape index (κ1) is 16.7. The predicted octanol–water partition coefficient (Wildman–Crippen LogP) is 0.990. The Hall–Kier alpha value is -0.320. The first-order valence-corrected chi connectivity index (χ1v) is 6.18. The van der Waals surface area contributed by atoms with Crippen LogP contribution in [0.4, 0.5) is 0 Å². The van der Waals surface area contributed by atoms with E-state index in [4.69, 9.17) is 5.73 Å². The fourth-order valence-electron chi connectivity index (χ4n) is 1.65. The molecule has 1 aliphatic rings. The molecular weight excluding hydrogens is 238 g/mol. The molecule has 0 aromatic heterocycles. The van der Waals surface area contributed by atoms with Gasteiger partial charge in [0.15, 0.2) is 0 Å². The molecule has 0 aromatic rings. The van der Waals surface area contributed by atoms with Crippen LogP contribution >= 0.6 is 12.4 Å². The third-order valence-electron chi connectivity index (χ3n) is 3.41. The molecule has 0 aromatic carbocycles. The smallest absolute Gasteiger partial charge is 0.237 e. The van der Waals surface area contributed by atoms with Gasteiger partial charge in [0, 0.05) is 18.6 Å². The minimum Gasteiger partial charge on any atom is -0.353 e. The van der Waals surface area contributed by atoms with E-state index in [1.165, 1.54) is 12.8 Å². The van der Waals surface area contributed by atoms with Crippen molar-refractivity contribution in [3.05, 3.63) is 0 Å². The number of nitrogens with two attached hydrogens (primary N) is 1. The van der Waals surface area contributed by atoms with Crippen LogP contribution < -0.4 is 11.1 Å². The van der Waals surface area contributed by atoms with Gasteiger partial charge in [-0.2, -0.15) is 0 Å². The Morgan fingerprint density at radius 3 is 2.35 bits per heavy atom. The van der Waals surface area contributed by atoms with Gasteiger partial charge in [-0.05, 0) is 32.7 Å². The summed E-state index contributed by atoms with van der Waals surface area (Å²) >= 11 is 0. The Morgan fingerprint density at radius 2 is 1.94 bits per heavy atom. The van der Waals surface area contributed by atoms with Gasteiger partial charge >= 0.3 is 0 Å². The second kappa shape index (κ2) is 7.19. The van der Waals surface area contributed by atoms with E-state index in [9.17, 15) is 4.79 Å². The normalized spacial score (nSPS) is 18.8. The third-order valence-corrected chi connectivity index (χ3v) is 3.41. The fourth-order valence-corrected chi connectivity index (χ4v) is 1.65. The summed E-state index contributed by atoms with van der Waals surface area (Å²) in [4.78, 5) is 14.0. The first-order valence-electron chi connectivity index (χ1n) is 6.18. The third kappa shape index (κ3) is 5.23. The van der Waals surface area contributed by atoms with Crippen LogP contribution in [0.5, 0.6) is 0 Å². The largest absolute Gasteiger partial charge is 0.353 e. The Kier molecular flexibility index (Phi) is 7.05. The number of nitrogens with one attached hydrogen (secondary N) is 1. The van der Waals surface area contributed by atoms with E-state index >= 15 is 0 Å². The van der Waals surface area contributed by atoms with Crippen molar-refractivity contribution in [3.8, 4) is 0 Å². The summed E-state index contributed by atoms with van der Waals surface area (Å²) < 4.78 is 0. The van der Waals surface area contributed by atoms with Crippen molar-refractivity contribution in [1.82, 2.24) is 10.2 Å². The van der Waals surface area contributed by atoms with Gasteiger partial charge in [-0.15, -0.1) is 12.4 Å². The number of amides is 1. The Bertz CT molecular complexity index is 244. The van der Waals surface area contributed by atoms with Gasteiger partial charge in [0.05, 0.1) is 6.04 Å². The van der Waals surface area contributed by atoms with E-state index in [0.29, 0.717) is 12.6 Å². The fraction of sp³-hybridized carbons (Fsp3) is 0.917. The Labute approximate surface area is 111 Å². The van der Waals surface area contributed by atoms with Gasteiger partial charge in [0.2, 0.25) is 5.91 Å². The monoisotopic (exact) mass is 263 g/mol. The van der Waals surface area contributed by atoms with E-state index in [2.05, 4.69) is 24.2 Å². The van der Waals surface area contributed by atoms with Crippen LogP contribution in [0.15, 0.2) is 0 Å². The number of hydrogen-bond acceptors (Lipinski definition) is 3. The Balaban J connectivity index is 0.00000256. The molecule has 1 saturated carbocycles. The maximum Gasteiger partial charge on any atom is 0.237 e. The van der Waals surface area contributed by atoms with Crippen LogP contribution in [0, 0.1) is 5.92 Å². The molecule has 4 nitrogen and oxygen atoms in total. The highest BCUT2D eigenvalue weighted by atomic mass is 35.5. The van der Waals surface area contributed by atoms with Crippen LogP contribution in [0.3, 0.4) is 0 Å². The minimum atomic E-state index is -0.390. The molecule has 0 radical (unpaired) electrons. The average Bonchev–Trinajstić information content (AvgIpc) is 3.06. The highest BCUT2D eigenvalue weighted by Gasteiger charge is 2.29. The van der Waals surface area contributed by atoms with Crippen molar-refractivity contribution in [2.75, 3.05) is 13.6 Å². The quantitative estimate of drug-likeness (QED) is 0.752. The van der Waals surface area contributed by atoms with Gasteiger partial charge in [0.1, 0.15) is 0 Å². The van der Waals surface area contributed by atoms with E-state index < -0.39 is 6.04 Å². The lowest BCUT2D eigenvalue weighted by molar-refractivity contribution is -0.123. The highest BCUT2D eigenvalue weighted by molar-refractivity contribution is 5.85. The van der Waals surface area contributed by atoms with Crippen molar-refractivity contribution in [2.45, 2.75) is 51.7 Å². The standard InChI is InChI=1S/C12H25N3O.ClH/c1-8(2)11(13)12(16)14-7-9(3)15(4)10-5-6-10;/h8-11H,5-7,13H2,1-4H3,(H,14,16);1H/t9?,11-;/m0./s1. The zero-order valence-corrected chi connectivity index (χ0v) is 12.1.